The summed E-state index contributed by atoms with van der Waals surface area (Å²) in [6, 6.07) is 7.56. The minimum Gasteiger partial charge on any atom is -0.465 e. The van der Waals surface area contributed by atoms with E-state index in [2.05, 4.69) is 4.98 Å². The lowest BCUT2D eigenvalue weighted by Crippen LogP contribution is -2.23. The molecule has 2 aromatic rings. The number of benzene rings is 1. The van der Waals surface area contributed by atoms with Gasteiger partial charge in [-0.25, -0.2) is 4.98 Å². The normalized spacial score (nSPS) is 14.2. The summed E-state index contributed by atoms with van der Waals surface area (Å²) in [5.41, 5.74) is 4.60. The molecule has 1 aromatic carbocycles. The third kappa shape index (κ3) is 4.00. The summed E-state index contributed by atoms with van der Waals surface area (Å²) >= 11 is 1.58. The quantitative estimate of drug-likeness (QED) is 0.756. The van der Waals surface area contributed by atoms with Gasteiger partial charge in [-0.2, -0.15) is 0 Å². The van der Waals surface area contributed by atoms with Gasteiger partial charge in [0.2, 0.25) is 5.91 Å². The molecule has 1 aromatic heterocycles. The van der Waals surface area contributed by atoms with Crippen LogP contribution in [0.1, 0.15) is 29.0 Å². The van der Waals surface area contributed by atoms with E-state index in [9.17, 15) is 9.59 Å². The molecule has 1 fully saturated rings. The predicted molar refractivity (Wildman–Crippen MR) is 93.2 cm³/mol. The minimum atomic E-state index is -0.234. The van der Waals surface area contributed by atoms with E-state index < -0.39 is 0 Å². The summed E-state index contributed by atoms with van der Waals surface area (Å²) in [4.78, 5) is 30.8. The molecule has 0 atom stereocenters. The first kappa shape index (κ1) is 16.6. The van der Waals surface area contributed by atoms with Crippen molar-refractivity contribution >= 4 is 28.9 Å². The van der Waals surface area contributed by atoms with Crippen LogP contribution < -0.4 is 4.90 Å². The lowest BCUT2D eigenvalue weighted by atomic mass is 10.1. The number of anilines is 1. The topological polar surface area (TPSA) is 59.5 Å². The van der Waals surface area contributed by atoms with Gasteiger partial charge in [0.25, 0.3) is 0 Å². The van der Waals surface area contributed by atoms with Crippen molar-refractivity contribution in [1.29, 1.82) is 0 Å². The highest BCUT2D eigenvalue weighted by Crippen LogP contribution is 2.21. The van der Waals surface area contributed by atoms with Crippen molar-refractivity contribution in [3.8, 4) is 0 Å². The fourth-order valence-corrected chi connectivity index (χ4v) is 3.52. The standard InChI is InChI=1S/C18H20N2O3S/c1-13-16(24-12-19-13)8-10-23-18(22)11-14-4-6-15(7-5-14)20-9-2-3-17(20)21/h4-7,12H,2-3,8-11H2,1H3. The molecule has 5 nitrogen and oxygen atoms in total. The number of thiazole rings is 1. The lowest BCUT2D eigenvalue weighted by Gasteiger charge is -2.15. The molecule has 126 valence electrons. The maximum absolute atomic E-state index is 11.9. The molecule has 6 heteroatoms. The SMILES string of the molecule is Cc1ncsc1CCOC(=O)Cc1ccc(N2CCCC2=O)cc1. The molecular weight excluding hydrogens is 324 g/mol. The zero-order chi connectivity index (χ0) is 16.9. The first-order chi connectivity index (χ1) is 11.6. The lowest BCUT2D eigenvalue weighted by molar-refractivity contribution is -0.142. The predicted octanol–water partition coefficient (Wildman–Crippen LogP) is 2.91. The number of carbonyl (C=O) groups excluding carboxylic acids is 2. The molecule has 0 aliphatic carbocycles. The van der Waals surface area contributed by atoms with E-state index in [-0.39, 0.29) is 18.3 Å². The van der Waals surface area contributed by atoms with Gasteiger partial charge >= 0.3 is 5.97 Å². The van der Waals surface area contributed by atoms with Crippen molar-refractivity contribution in [1.82, 2.24) is 4.98 Å². The molecule has 1 amide bonds. The smallest absolute Gasteiger partial charge is 0.310 e. The van der Waals surface area contributed by atoms with Crippen LogP contribution in [0.15, 0.2) is 29.8 Å². The monoisotopic (exact) mass is 344 g/mol. The van der Waals surface area contributed by atoms with Crippen LogP contribution >= 0.6 is 11.3 Å². The van der Waals surface area contributed by atoms with Crippen LogP contribution in [0.5, 0.6) is 0 Å². The van der Waals surface area contributed by atoms with Gasteiger partial charge < -0.3 is 9.64 Å². The van der Waals surface area contributed by atoms with Gasteiger partial charge in [-0.1, -0.05) is 12.1 Å². The van der Waals surface area contributed by atoms with Crippen molar-refractivity contribution in [2.45, 2.75) is 32.6 Å². The third-order valence-electron chi connectivity index (χ3n) is 4.11. The van der Waals surface area contributed by atoms with E-state index in [0.717, 1.165) is 34.8 Å². The number of rotatable bonds is 6. The van der Waals surface area contributed by atoms with Crippen LogP contribution in [0.3, 0.4) is 0 Å². The molecule has 1 aliphatic rings. The molecule has 0 unspecified atom stereocenters. The van der Waals surface area contributed by atoms with E-state index in [0.29, 0.717) is 19.4 Å². The molecule has 3 rings (SSSR count). The number of hydrogen-bond donors (Lipinski definition) is 0. The fourth-order valence-electron chi connectivity index (χ4n) is 2.76. The zero-order valence-corrected chi connectivity index (χ0v) is 14.5. The van der Waals surface area contributed by atoms with Crippen LogP contribution in [-0.4, -0.2) is 30.0 Å². The highest BCUT2D eigenvalue weighted by molar-refractivity contribution is 7.09. The van der Waals surface area contributed by atoms with E-state index >= 15 is 0 Å². The van der Waals surface area contributed by atoms with Crippen LogP contribution in [0, 0.1) is 6.92 Å². The van der Waals surface area contributed by atoms with Gasteiger partial charge in [0.1, 0.15) is 0 Å². The molecule has 1 saturated heterocycles. The zero-order valence-electron chi connectivity index (χ0n) is 13.7. The Kier molecular flexibility index (Phi) is 5.25. The third-order valence-corrected chi connectivity index (χ3v) is 5.10. The summed E-state index contributed by atoms with van der Waals surface area (Å²) < 4.78 is 5.30. The van der Waals surface area contributed by atoms with E-state index in [1.54, 1.807) is 21.7 Å². The van der Waals surface area contributed by atoms with Gasteiger partial charge in [-0.05, 0) is 31.0 Å². The van der Waals surface area contributed by atoms with Crippen molar-refractivity contribution in [2.24, 2.45) is 0 Å². The molecule has 24 heavy (non-hydrogen) atoms. The van der Waals surface area contributed by atoms with Gasteiger partial charge in [-0.15, -0.1) is 11.3 Å². The summed E-state index contributed by atoms with van der Waals surface area (Å²) in [6.45, 7) is 3.11. The second kappa shape index (κ2) is 7.57. The maximum Gasteiger partial charge on any atom is 0.310 e. The van der Waals surface area contributed by atoms with Crippen molar-refractivity contribution < 1.29 is 14.3 Å². The summed E-state index contributed by atoms with van der Waals surface area (Å²) in [5.74, 6) is -0.0670. The molecule has 0 spiro atoms. The average molecular weight is 344 g/mol. The Morgan fingerprint density at radius 1 is 1.33 bits per heavy atom. The largest absolute Gasteiger partial charge is 0.465 e. The highest BCUT2D eigenvalue weighted by Gasteiger charge is 2.21. The summed E-state index contributed by atoms with van der Waals surface area (Å²) in [6.07, 6.45) is 2.48. The molecule has 1 aliphatic heterocycles. The maximum atomic E-state index is 11.9. The van der Waals surface area contributed by atoms with Gasteiger partial charge in [0, 0.05) is 30.0 Å². The van der Waals surface area contributed by atoms with Crippen molar-refractivity contribution in [2.75, 3.05) is 18.1 Å². The van der Waals surface area contributed by atoms with Crippen LogP contribution in [0.2, 0.25) is 0 Å². The number of aryl methyl sites for hydroxylation is 1. The van der Waals surface area contributed by atoms with E-state index in [1.807, 2.05) is 31.2 Å². The van der Waals surface area contributed by atoms with E-state index in [4.69, 9.17) is 4.74 Å². The Bertz CT molecular complexity index is 724. The Morgan fingerprint density at radius 2 is 2.12 bits per heavy atom. The fraction of sp³-hybridized carbons (Fsp3) is 0.389. The highest BCUT2D eigenvalue weighted by atomic mass is 32.1. The van der Waals surface area contributed by atoms with Gasteiger partial charge in [0.15, 0.2) is 0 Å². The molecular formula is C18H20N2O3S. The molecule has 0 N–H and O–H groups in total. The number of esters is 1. The Labute approximate surface area is 145 Å². The number of aromatic nitrogens is 1. The van der Waals surface area contributed by atoms with Gasteiger partial charge in [-0.3, -0.25) is 9.59 Å². The average Bonchev–Trinajstić information content (AvgIpc) is 3.17. The van der Waals surface area contributed by atoms with Gasteiger partial charge in [0.05, 0.1) is 24.2 Å². The van der Waals surface area contributed by atoms with Crippen molar-refractivity contribution in [3.05, 3.63) is 45.9 Å². The Morgan fingerprint density at radius 3 is 2.75 bits per heavy atom. The first-order valence-electron chi connectivity index (χ1n) is 8.07. The number of amides is 1. The number of ether oxygens (including phenoxy) is 1. The summed E-state index contributed by atoms with van der Waals surface area (Å²) in [7, 11) is 0. The van der Waals surface area contributed by atoms with E-state index in [1.165, 1.54) is 0 Å². The Balaban J connectivity index is 1.47. The second-order valence-electron chi connectivity index (χ2n) is 5.82. The van der Waals surface area contributed by atoms with Crippen LogP contribution in [0.25, 0.3) is 0 Å². The van der Waals surface area contributed by atoms with Crippen LogP contribution in [0.4, 0.5) is 5.69 Å². The molecule has 0 radical (unpaired) electrons. The molecule has 2 heterocycles. The van der Waals surface area contributed by atoms with Crippen LogP contribution in [-0.2, 0) is 27.2 Å². The molecule has 0 bridgehead atoms. The Hall–Kier alpha value is -2.21. The van der Waals surface area contributed by atoms with Crippen molar-refractivity contribution in [3.63, 3.8) is 0 Å². The number of carbonyl (C=O) groups is 2. The number of hydrogen-bond acceptors (Lipinski definition) is 5. The second-order valence-corrected chi connectivity index (χ2v) is 6.76. The molecule has 0 saturated carbocycles. The summed E-state index contributed by atoms with van der Waals surface area (Å²) in [5, 5.41) is 0. The first-order valence-corrected chi connectivity index (χ1v) is 8.95. The minimum absolute atomic E-state index is 0.167. The number of nitrogens with zero attached hydrogens (tertiary/aromatic N) is 2.